The first-order chi connectivity index (χ1) is 20.1. The summed E-state index contributed by atoms with van der Waals surface area (Å²) in [6.45, 7) is 3.40. The zero-order chi connectivity index (χ0) is 30.1. The van der Waals surface area contributed by atoms with Gasteiger partial charge in [-0.15, -0.1) is 0 Å². The van der Waals surface area contributed by atoms with Gasteiger partial charge in [-0.05, 0) is 72.7 Å². The molecule has 0 aliphatic carbocycles. The number of aryl methyl sites for hydroxylation is 4. The quantitative estimate of drug-likeness (QED) is 0.0850. The van der Waals surface area contributed by atoms with E-state index >= 15 is 0 Å². The molecule has 0 unspecified atom stereocenters. The van der Waals surface area contributed by atoms with Crippen LogP contribution in [-0.4, -0.2) is 64.9 Å². The molecular weight excluding hydrogens is 559 g/mol. The molecule has 0 saturated carbocycles. The van der Waals surface area contributed by atoms with Crippen LogP contribution in [0.4, 0.5) is 5.82 Å². The number of anilines is 1. The first-order valence-electron chi connectivity index (χ1n) is 13.8. The monoisotopic (exact) mass is 596 g/mol. The lowest BCUT2D eigenvalue weighted by Gasteiger charge is -2.12. The molecule has 0 aliphatic heterocycles. The average Bonchev–Trinajstić information content (AvgIpc) is 2.94. The van der Waals surface area contributed by atoms with E-state index < -0.39 is 7.60 Å². The summed E-state index contributed by atoms with van der Waals surface area (Å²) in [5, 5.41) is 1.91. The summed E-state index contributed by atoms with van der Waals surface area (Å²) < 4.78 is 27.1. The van der Waals surface area contributed by atoms with Gasteiger partial charge >= 0.3 is 7.60 Å². The van der Waals surface area contributed by atoms with Crippen LogP contribution in [0.2, 0.25) is 0 Å². The standard InChI is InChI=1S/C30H37N4O7P/c1-20-16-24(41-13-12-39-10-11-40-14-15-42(36,37)38)7-6-23(20)5-2-22-17-26-25-8-3-21(4-9-28(31)35)18-27(25)34-30(32)29(26)33-19-22/h3,6-8,16-19H,2,4-5,9-15H2,1H3,(H2,31,35)(H2,32,34)(H2,36,37,38). The van der Waals surface area contributed by atoms with E-state index in [4.69, 9.17) is 35.5 Å². The SMILES string of the molecule is Cc1cc(OCCOCCOCCP(=O)(O)O)ccc1CCc1cnc2c(N)nc3cc(CCC(N)=O)ccc3c2c1. The largest absolute Gasteiger partial charge is 0.491 e. The summed E-state index contributed by atoms with van der Waals surface area (Å²) in [6.07, 6.45) is 4.03. The molecule has 6 N–H and O–H groups in total. The summed E-state index contributed by atoms with van der Waals surface area (Å²) >= 11 is 0. The van der Waals surface area contributed by atoms with Crippen LogP contribution in [0.3, 0.4) is 0 Å². The van der Waals surface area contributed by atoms with E-state index in [9.17, 15) is 9.36 Å². The van der Waals surface area contributed by atoms with Crippen molar-refractivity contribution in [1.82, 2.24) is 9.97 Å². The van der Waals surface area contributed by atoms with Crippen LogP contribution in [-0.2, 0) is 38.1 Å². The van der Waals surface area contributed by atoms with Gasteiger partial charge in [0.2, 0.25) is 5.91 Å². The minimum atomic E-state index is -4.02. The third-order valence-corrected chi connectivity index (χ3v) is 7.60. The Labute approximate surface area is 244 Å². The molecule has 224 valence electrons. The normalized spacial score (nSPS) is 11.8. The highest BCUT2D eigenvalue weighted by molar-refractivity contribution is 7.51. The summed E-state index contributed by atoms with van der Waals surface area (Å²) in [4.78, 5) is 37.9. The minimum absolute atomic E-state index is 0.00225. The maximum absolute atomic E-state index is 11.2. The van der Waals surface area contributed by atoms with Crippen molar-refractivity contribution in [2.45, 2.75) is 32.6 Å². The number of nitrogens with two attached hydrogens (primary N) is 2. The number of nitrogens with zero attached hydrogens (tertiary/aromatic N) is 2. The number of fused-ring (bicyclic) bond motifs is 3. The first kappa shape index (κ1) is 31.3. The molecular formula is C30H37N4O7P. The predicted molar refractivity (Wildman–Crippen MR) is 162 cm³/mol. The number of benzene rings is 2. The van der Waals surface area contributed by atoms with Crippen LogP contribution in [0.15, 0.2) is 48.7 Å². The number of hydrogen-bond donors (Lipinski definition) is 4. The Balaban J connectivity index is 1.30. The van der Waals surface area contributed by atoms with Gasteiger partial charge in [-0.3, -0.25) is 14.3 Å². The number of aromatic nitrogens is 2. The lowest BCUT2D eigenvalue weighted by molar-refractivity contribution is -0.118. The zero-order valence-electron chi connectivity index (χ0n) is 23.6. The number of nitrogen functional groups attached to an aromatic ring is 1. The molecule has 11 nitrogen and oxygen atoms in total. The van der Waals surface area contributed by atoms with Crippen LogP contribution >= 0.6 is 7.60 Å². The van der Waals surface area contributed by atoms with Gasteiger partial charge in [-0.1, -0.05) is 18.2 Å². The maximum Gasteiger partial charge on any atom is 0.327 e. The fraction of sp³-hybridized carbons (Fsp3) is 0.367. The van der Waals surface area contributed by atoms with E-state index in [0.717, 1.165) is 51.6 Å². The smallest absolute Gasteiger partial charge is 0.327 e. The summed E-state index contributed by atoms with van der Waals surface area (Å²) in [5.41, 5.74) is 17.4. The Hall–Kier alpha value is -3.60. The van der Waals surface area contributed by atoms with Crippen molar-refractivity contribution in [3.05, 3.63) is 70.9 Å². The van der Waals surface area contributed by atoms with Crippen molar-refractivity contribution >= 4 is 41.1 Å². The van der Waals surface area contributed by atoms with E-state index in [1.54, 1.807) is 0 Å². The molecule has 0 aliphatic rings. The minimum Gasteiger partial charge on any atom is -0.491 e. The van der Waals surface area contributed by atoms with E-state index in [-0.39, 0.29) is 31.7 Å². The van der Waals surface area contributed by atoms with Crippen molar-refractivity contribution in [2.75, 3.05) is 44.9 Å². The Bertz CT molecular complexity index is 1590. The highest BCUT2D eigenvalue weighted by atomic mass is 31.2. The van der Waals surface area contributed by atoms with Gasteiger partial charge in [-0.25, -0.2) is 4.98 Å². The van der Waals surface area contributed by atoms with Crippen LogP contribution < -0.4 is 16.2 Å². The van der Waals surface area contributed by atoms with E-state index in [2.05, 4.69) is 29.0 Å². The molecule has 0 atom stereocenters. The van der Waals surface area contributed by atoms with Gasteiger partial charge in [0.25, 0.3) is 0 Å². The number of carbonyl (C=O) groups is 1. The fourth-order valence-corrected chi connectivity index (χ4v) is 4.97. The fourth-order valence-electron chi connectivity index (χ4n) is 4.60. The predicted octanol–water partition coefficient (Wildman–Crippen LogP) is 3.47. The second kappa shape index (κ2) is 14.5. The first-order valence-corrected chi connectivity index (χ1v) is 15.6. The lowest BCUT2D eigenvalue weighted by Crippen LogP contribution is -2.12. The number of hydrogen-bond acceptors (Lipinski definition) is 8. The Morgan fingerprint density at radius 2 is 1.67 bits per heavy atom. The van der Waals surface area contributed by atoms with Crippen molar-refractivity contribution in [1.29, 1.82) is 0 Å². The van der Waals surface area contributed by atoms with Crippen LogP contribution in [0.5, 0.6) is 5.75 Å². The van der Waals surface area contributed by atoms with Crippen molar-refractivity contribution < 1.29 is 33.4 Å². The van der Waals surface area contributed by atoms with Crippen LogP contribution in [0.25, 0.3) is 21.8 Å². The highest BCUT2D eigenvalue weighted by Crippen LogP contribution is 2.33. The molecule has 42 heavy (non-hydrogen) atoms. The third kappa shape index (κ3) is 9.20. The number of primary amides is 1. The van der Waals surface area contributed by atoms with Crippen LogP contribution in [0, 0.1) is 6.92 Å². The third-order valence-electron chi connectivity index (χ3n) is 6.83. The molecule has 0 saturated heterocycles. The van der Waals surface area contributed by atoms with Gasteiger partial charge in [0.15, 0.2) is 5.82 Å². The van der Waals surface area contributed by atoms with Crippen LogP contribution in [0.1, 0.15) is 28.7 Å². The molecule has 2 aromatic heterocycles. The Kier molecular flexibility index (Phi) is 10.8. The second-order valence-corrected chi connectivity index (χ2v) is 11.9. The molecule has 4 rings (SSSR count). The zero-order valence-corrected chi connectivity index (χ0v) is 24.5. The molecule has 4 aromatic rings. The summed E-state index contributed by atoms with van der Waals surface area (Å²) in [5.74, 6) is 0.798. The van der Waals surface area contributed by atoms with Gasteiger partial charge < -0.3 is 35.5 Å². The molecule has 0 bridgehead atoms. The second-order valence-electron chi connectivity index (χ2n) is 10.1. The van der Waals surface area contributed by atoms with Crippen molar-refractivity contribution in [2.24, 2.45) is 5.73 Å². The van der Waals surface area contributed by atoms with E-state index in [1.165, 1.54) is 5.56 Å². The van der Waals surface area contributed by atoms with Gasteiger partial charge in [0.1, 0.15) is 17.9 Å². The molecule has 1 amide bonds. The number of pyridine rings is 2. The highest BCUT2D eigenvalue weighted by Gasteiger charge is 2.12. The molecule has 0 radical (unpaired) electrons. The molecule has 2 heterocycles. The summed E-state index contributed by atoms with van der Waals surface area (Å²) in [6, 6.07) is 14.1. The van der Waals surface area contributed by atoms with Crippen molar-refractivity contribution in [3.63, 3.8) is 0 Å². The number of rotatable bonds is 16. The lowest BCUT2D eigenvalue weighted by atomic mass is 9.99. The van der Waals surface area contributed by atoms with Gasteiger partial charge in [0, 0.05) is 23.4 Å². The molecule has 12 heteroatoms. The van der Waals surface area contributed by atoms with E-state index in [0.29, 0.717) is 37.6 Å². The molecule has 0 fully saturated rings. The van der Waals surface area contributed by atoms with Crippen molar-refractivity contribution in [3.8, 4) is 5.75 Å². The van der Waals surface area contributed by atoms with Gasteiger partial charge in [-0.2, -0.15) is 0 Å². The Morgan fingerprint density at radius 3 is 2.40 bits per heavy atom. The molecule has 2 aromatic carbocycles. The number of carbonyl (C=O) groups excluding carboxylic acids is 1. The number of ether oxygens (including phenoxy) is 3. The maximum atomic E-state index is 11.2. The topological polar surface area (TPSA) is 180 Å². The van der Waals surface area contributed by atoms with Gasteiger partial charge in [0.05, 0.1) is 38.1 Å². The average molecular weight is 597 g/mol. The summed E-state index contributed by atoms with van der Waals surface area (Å²) in [7, 11) is -4.02. The molecule has 0 spiro atoms. The Morgan fingerprint density at radius 1 is 0.905 bits per heavy atom. The van der Waals surface area contributed by atoms with E-state index in [1.807, 2.05) is 36.5 Å². The number of amides is 1.